The molecule has 0 fully saturated rings. The zero-order chi connectivity index (χ0) is 14.1. The van der Waals surface area contributed by atoms with Crippen LogP contribution in [0.25, 0.3) is 0 Å². The summed E-state index contributed by atoms with van der Waals surface area (Å²) in [6.45, 7) is 1.86. The van der Waals surface area contributed by atoms with E-state index >= 15 is 0 Å². The van der Waals surface area contributed by atoms with Crippen molar-refractivity contribution in [3.05, 3.63) is 29.3 Å². The van der Waals surface area contributed by atoms with Crippen molar-refractivity contribution in [1.82, 2.24) is 4.72 Å². The quantitative estimate of drug-likeness (QED) is 0.758. The number of benzene rings is 1. The normalized spacial score (nSPS) is 15.5. The van der Waals surface area contributed by atoms with Crippen LogP contribution in [0.1, 0.15) is 24.5 Å². The predicted molar refractivity (Wildman–Crippen MR) is 84.8 cm³/mol. The summed E-state index contributed by atoms with van der Waals surface area (Å²) in [5, 5.41) is 1.10. The van der Waals surface area contributed by atoms with Gasteiger partial charge in [-0.2, -0.15) is 0 Å². The number of hydrogen-bond donors (Lipinski definition) is 1. The lowest BCUT2D eigenvalue weighted by atomic mass is 10.1. The van der Waals surface area contributed by atoms with Gasteiger partial charge in [-0.25, -0.2) is 13.1 Å². The van der Waals surface area contributed by atoms with Gasteiger partial charge in [0.15, 0.2) is 0 Å². The average Bonchev–Trinajstić information content (AvgIpc) is 2.85. The highest BCUT2D eigenvalue weighted by atomic mass is 79.9. The largest absolute Gasteiger partial charge is 0.241 e. The summed E-state index contributed by atoms with van der Waals surface area (Å²) in [6, 6.07) is 5.46. The summed E-state index contributed by atoms with van der Waals surface area (Å²) in [4.78, 5) is 0.362. The Bertz CT molecular complexity index is 568. The van der Waals surface area contributed by atoms with E-state index in [9.17, 15) is 8.42 Å². The molecule has 1 N–H and O–H groups in total. The van der Waals surface area contributed by atoms with Crippen LogP contribution in [0.2, 0.25) is 0 Å². The molecule has 0 atom stereocenters. The smallest absolute Gasteiger partial charge is 0.207 e. The van der Waals surface area contributed by atoms with E-state index in [1.54, 1.807) is 6.07 Å². The van der Waals surface area contributed by atoms with E-state index in [4.69, 9.17) is 0 Å². The van der Waals surface area contributed by atoms with Gasteiger partial charge in [0.05, 0.1) is 4.90 Å². The van der Waals surface area contributed by atoms with Crippen LogP contribution in [0.3, 0.4) is 0 Å². The first-order valence-corrected chi connectivity index (χ1v) is 9.90. The van der Waals surface area contributed by atoms with Gasteiger partial charge in [0.2, 0.25) is 10.0 Å². The van der Waals surface area contributed by atoms with Gasteiger partial charge in [0.25, 0.3) is 0 Å². The Morgan fingerprint density at radius 3 is 2.47 bits per heavy atom. The molecular weight excluding hydrogens is 394 g/mol. The third kappa shape index (κ3) is 3.40. The molecule has 0 heterocycles. The minimum atomic E-state index is -3.47. The number of halogens is 2. The topological polar surface area (TPSA) is 46.2 Å². The fourth-order valence-electron chi connectivity index (χ4n) is 2.19. The van der Waals surface area contributed by atoms with Crippen molar-refractivity contribution in [3.63, 3.8) is 0 Å². The van der Waals surface area contributed by atoms with E-state index in [0.29, 0.717) is 15.6 Å². The zero-order valence-electron chi connectivity index (χ0n) is 10.7. The molecule has 0 aliphatic heterocycles. The maximum atomic E-state index is 12.4. The number of nitrogens with one attached hydrogen (secondary N) is 1. The number of rotatable bonds is 5. The average molecular weight is 411 g/mol. The molecule has 106 valence electrons. The van der Waals surface area contributed by atoms with Crippen LogP contribution in [0, 0.1) is 0 Å². The Morgan fingerprint density at radius 2 is 1.84 bits per heavy atom. The Balaban J connectivity index is 2.30. The summed E-state index contributed by atoms with van der Waals surface area (Å²) in [6.07, 6.45) is 3.16. The van der Waals surface area contributed by atoms with Crippen LogP contribution < -0.4 is 4.72 Å². The van der Waals surface area contributed by atoms with Crippen LogP contribution in [0.5, 0.6) is 0 Å². The molecule has 0 bridgehead atoms. The van der Waals surface area contributed by atoms with E-state index in [-0.39, 0.29) is 0 Å². The fraction of sp³-hybridized carbons (Fsp3) is 0.538. The highest BCUT2D eigenvalue weighted by molar-refractivity contribution is 9.09. The lowest BCUT2D eigenvalue weighted by molar-refractivity contribution is 0.509. The van der Waals surface area contributed by atoms with E-state index in [1.807, 2.05) is 19.1 Å². The molecule has 6 heteroatoms. The molecule has 0 aromatic heterocycles. The second-order valence-corrected chi connectivity index (χ2v) is 8.02. The van der Waals surface area contributed by atoms with E-state index in [1.165, 1.54) is 11.1 Å². The maximum absolute atomic E-state index is 12.4. The lowest BCUT2D eigenvalue weighted by Gasteiger charge is -2.26. The standard InChI is InChI=1S/C13H17Br2NO2S/c1-13(8-14,9-15)16-19(17,18)12-6-5-10-3-2-4-11(10)7-12/h5-7,16H,2-4,8-9H2,1H3. The highest BCUT2D eigenvalue weighted by Crippen LogP contribution is 2.25. The SMILES string of the molecule is CC(CBr)(CBr)NS(=O)(=O)c1ccc2c(c1)CCC2. The Hall–Kier alpha value is 0.0900. The number of sulfonamides is 1. The van der Waals surface area contributed by atoms with Crippen LogP contribution in [-0.2, 0) is 22.9 Å². The van der Waals surface area contributed by atoms with Crippen molar-refractivity contribution in [2.75, 3.05) is 10.7 Å². The van der Waals surface area contributed by atoms with Gasteiger partial charge in [-0.05, 0) is 49.4 Å². The molecule has 1 aromatic carbocycles. The molecular formula is C13H17Br2NO2S. The molecule has 0 saturated carbocycles. The van der Waals surface area contributed by atoms with Gasteiger partial charge < -0.3 is 0 Å². The summed E-state index contributed by atoms with van der Waals surface area (Å²) in [5.74, 6) is 0. The first kappa shape index (κ1) is 15.5. The summed E-state index contributed by atoms with van der Waals surface area (Å²) in [5.41, 5.74) is 1.92. The second kappa shape index (κ2) is 5.84. The molecule has 0 spiro atoms. The molecule has 1 aliphatic rings. The van der Waals surface area contributed by atoms with E-state index in [2.05, 4.69) is 36.6 Å². The second-order valence-electron chi connectivity index (χ2n) is 5.22. The lowest BCUT2D eigenvalue weighted by Crippen LogP contribution is -2.48. The molecule has 0 amide bonds. The fourth-order valence-corrected chi connectivity index (χ4v) is 5.22. The van der Waals surface area contributed by atoms with Crippen molar-refractivity contribution in [1.29, 1.82) is 0 Å². The van der Waals surface area contributed by atoms with E-state index in [0.717, 1.165) is 19.3 Å². The van der Waals surface area contributed by atoms with Gasteiger partial charge in [-0.3, -0.25) is 0 Å². The molecule has 3 nitrogen and oxygen atoms in total. The van der Waals surface area contributed by atoms with Crippen LogP contribution in [-0.4, -0.2) is 24.6 Å². The maximum Gasteiger partial charge on any atom is 0.241 e. The first-order valence-electron chi connectivity index (χ1n) is 6.18. The number of aryl methyl sites for hydroxylation is 2. The summed E-state index contributed by atoms with van der Waals surface area (Å²) in [7, 11) is -3.47. The monoisotopic (exact) mass is 409 g/mol. The van der Waals surface area contributed by atoms with Crippen LogP contribution >= 0.6 is 31.9 Å². The molecule has 19 heavy (non-hydrogen) atoms. The predicted octanol–water partition coefficient (Wildman–Crippen LogP) is 3.00. The third-order valence-electron chi connectivity index (χ3n) is 3.35. The van der Waals surface area contributed by atoms with Crippen molar-refractivity contribution in [2.45, 2.75) is 36.6 Å². The molecule has 0 radical (unpaired) electrons. The number of alkyl halides is 2. The zero-order valence-corrected chi connectivity index (χ0v) is 14.7. The van der Waals surface area contributed by atoms with E-state index < -0.39 is 15.6 Å². The van der Waals surface area contributed by atoms with Crippen LogP contribution in [0.15, 0.2) is 23.1 Å². The summed E-state index contributed by atoms with van der Waals surface area (Å²) >= 11 is 6.70. The van der Waals surface area contributed by atoms with Gasteiger partial charge in [0, 0.05) is 16.2 Å². The minimum absolute atomic E-state index is 0.362. The van der Waals surface area contributed by atoms with Crippen molar-refractivity contribution < 1.29 is 8.42 Å². The highest BCUT2D eigenvalue weighted by Gasteiger charge is 2.29. The van der Waals surface area contributed by atoms with Gasteiger partial charge in [0.1, 0.15) is 0 Å². The van der Waals surface area contributed by atoms with Crippen molar-refractivity contribution in [2.24, 2.45) is 0 Å². The Kier molecular flexibility index (Phi) is 4.75. The number of fused-ring (bicyclic) bond motifs is 1. The molecule has 2 rings (SSSR count). The van der Waals surface area contributed by atoms with Crippen LogP contribution in [0.4, 0.5) is 0 Å². The number of hydrogen-bond acceptors (Lipinski definition) is 2. The summed E-state index contributed by atoms with van der Waals surface area (Å²) < 4.78 is 27.6. The molecule has 0 unspecified atom stereocenters. The van der Waals surface area contributed by atoms with Crippen molar-refractivity contribution >= 4 is 41.9 Å². The molecule has 1 aliphatic carbocycles. The Morgan fingerprint density at radius 1 is 1.21 bits per heavy atom. The third-order valence-corrected chi connectivity index (χ3v) is 7.46. The molecule has 0 saturated heterocycles. The van der Waals surface area contributed by atoms with Gasteiger partial charge >= 0.3 is 0 Å². The van der Waals surface area contributed by atoms with Gasteiger partial charge in [-0.1, -0.05) is 37.9 Å². The minimum Gasteiger partial charge on any atom is -0.207 e. The molecule has 1 aromatic rings. The van der Waals surface area contributed by atoms with Gasteiger partial charge in [-0.15, -0.1) is 0 Å². The first-order chi connectivity index (χ1) is 8.90. The van der Waals surface area contributed by atoms with Crippen molar-refractivity contribution in [3.8, 4) is 0 Å². The Labute approximate surface area is 131 Å².